The van der Waals surface area contributed by atoms with Gasteiger partial charge in [0.05, 0.1) is 24.3 Å². The normalized spacial score (nSPS) is 21.3. The number of likely N-dealkylation sites (tertiary alicyclic amines) is 1. The molecule has 1 fully saturated rings. The number of imidazole rings is 1. The Morgan fingerprint density at radius 1 is 1.39 bits per heavy atom. The van der Waals surface area contributed by atoms with Gasteiger partial charge in [-0.2, -0.15) is 5.10 Å². The van der Waals surface area contributed by atoms with Gasteiger partial charge in [0, 0.05) is 18.4 Å². The van der Waals surface area contributed by atoms with Crippen LogP contribution in [0.3, 0.4) is 0 Å². The summed E-state index contributed by atoms with van der Waals surface area (Å²) >= 11 is 0. The van der Waals surface area contributed by atoms with Crippen molar-refractivity contribution in [1.29, 1.82) is 0 Å². The monoisotopic (exact) mass is 245 g/mol. The van der Waals surface area contributed by atoms with Gasteiger partial charge >= 0.3 is 0 Å². The first kappa shape index (κ1) is 11.5. The zero-order valence-electron chi connectivity index (χ0n) is 10.7. The van der Waals surface area contributed by atoms with Crippen molar-refractivity contribution in [3.8, 4) is 0 Å². The van der Waals surface area contributed by atoms with E-state index in [4.69, 9.17) is 0 Å². The number of rotatable bonds is 3. The van der Waals surface area contributed by atoms with Gasteiger partial charge in [-0.15, -0.1) is 0 Å². The molecule has 1 aliphatic rings. The van der Waals surface area contributed by atoms with E-state index in [1.54, 1.807) is 6.33 Å². The Morgan fingerprint density at radius 3 is 3.06 bits per heavy atom. The second kappa shape index (κ2) is 4.94. The van der Waals surface area contributed by atoms with Gasteiger partial charge in [0.1, 0.15) is 0 Å². The van der Waals surface area contributed by atoms with E-state index in [2.05, 4.69) is 32.0 Å². The zero-order valence-corrected chi connectivity index (χ0v) is 10.7. The van der Waals surface area contributed by atoms with Crippen molar-refractivity contribution in [3.63, 3.8) is 0 Å². The summed E-state index contributed by atoms with van der Waals surface area (Å²) in [6, 6.07) is 0.463. The number of nitrogens with zero attached hydrogens (tertiary/aromatic N) is 3. The predicted octanol–water partition coefficient (Wildman–Crippen LogP) is 2.17. The first-order valence-corrected chi connectivity index (χ1v) is 6.56. The van der Waals surface area contributed by atoms with Crippen molar-refractivity contribution in [2.75, 3.05) is 6.54 Å². The average Bonchev–Trinajstić information content (AvgIpc) is 3.02. The highest BCUT2D eigenvalue weighted by Gasteiger charge is 2.26. The molecule has 0 spiro atoms. The summed E-state index contributed by atoms with van der Waals surface area (Å²) in [5, 5.41) is 7.32. The number of nitrogens with one attached hydrogen (secondary N) is 2. The van der Waals surface area contributed by atoms with Gasteiger partial charge in [0.15, 0.2) is 0 Å². The predicted molar refractivity (Wildman–Crippen MR) is 68.9 cm³/mol. The number of aromatic amines is 2. The van der Waals surface area contributed by atoms with Crippen LogP contribution in [0.4, 0.5) is 0 Å². The molecule has 18 heavy (non-hydrogen) atoms. The molecule has 3 rings (SSSR count). The Balaban J connectivity index is 1.80. The molecule has 2 aromatic heterocycles. The standard InChI is InChI=1S/C13H19N5/c1-10-6-16-17-13(10)12-4-2-3-5-18(12)8-11-7-14-9-15-11/h6-7,9,12H,2-5,8H2,1H3,(H,14,15)(H,16,17)/t12-/m1/s1. The highest BCUT2D eigenvalue weighted by atomic mass is 15.2. The van der Waals surface area contributed by atoms with Crippen LogP contribution in [0.25, 0.3) is 0 Å². The average molecular weight is 245 g/mol. The molecular formula is C13H19N5. The van der Waals surface area contributed by atoms with Crippen LogP contribution >= 0.6 is 0 Å². The molecule has 1 saturated heterocycles. The largest absolute Gasteiger partial charge is 0.347 e. The Labute approximate surface area is 107 Å². The maximum absolute atomic E-state index is 4.16. The lowest BCUT2D eigenvalue weighted by Gasteiger charge is -2.35. The Bertz CT molecular complexity index is 487. The molecule has 0 bridgehead atoms. The summed E-state index contributed by atoms with van der Waals surface area (Å²) in [5.41, 5.74) is 3.71. The van der Waals surface area contributed by atoms with E-state index in [-0.39, 0.29) is 0 Å². The van der Waals surface area contributed by atoms with Crippen molar-refractivity contribution >= 4 is 0 Å². The van der Waals surface area contributed by atoms with E-state index in [0.717, 1.165) is 13.1 Å². The van der Waals surface area contributed by atoms with Crippen molar-refractivity contribution < 1.29 is 0 Å². The smallest absolute Gasteiger partial charge is 0.0922 e. The molecule has 0 unspecified atom stereocenters. The van der Waals surface area contributed by atoms with Gasteiger partial charge in [-0.25, -0.2) is 4.98 Å². The number of aryl methyl sites for hydroxylation is 1. The second-order valence-electron chi connectivity index (χ2n) is 5.03. The maximum atomic E-state index is 4.16. The zero-order chi connectivity index (χ0) is 12.4. The Hall–Kier alpha value is -1.62. The molecule has 2 N–H and O–H groups in total. The van der Waals surface area contributed by atoms with Crippen LogP contribution in [-0.4, -0.2) is 31.6 Å². The molecule has 2 aromatic rings. The molecule has 5 nitrogen and oxygen atoms in total. The lowest BCUT2D eigenvalue weighted by atomic mass is 9.97. The van der Waals surface area contributed by atoms with Gasteiger partial charge in [0.25, 0.3) is 0 Å². The van der Waals surface area contributed by atoms with Crippen molar-refractivity contribution in [2.24, 2.45) is 0 Å². The number of H-pyrrole nitrogens is 2. The van der Waals surface area contributed by atoms with Gasteiger partial charge in [-0.3, -0.25) is 10.00 Å². The molecular weight excluding hydrogens is 226 g/mol. The van der Waals surface area contributed by atoms with Gasteiger partial charge in [0.2, 0.25) is 0 Å². The number of hydrogen-bond acceptors (Lipinski definition) is 3. The Morgan fingerprint density at radius 2 is 2.33 bits per heavy atom. The Kier molecular flexibility index (Phi) is 3.15. The van der Waals surface area contributed by atoms with Crippen LogP contribution in [0, 0.1) is 6.92 Å². The van der Waals surface area contributed by atoms with E-state index in [0.29, 0.717) is 6.04 Å². The SMILES string of the molecule is Cc1cn[nH]c1[C@H]1CCCCN1Cc1cnc[nH]1. The van der Waals surface area contributed by atoms with E-state index >= 15 is 0 Å². The molecule has 1 aliphatic heterocycles. The molecule has 0 saturated carbocycles. The summed E-state index contributed by atoms with van der Waals surface area (Å²) in [6.07, 6.45) is 9.34. The van der Waals surface area contributed by atoms with Crippen molar-refractivity contribution in [1.82, 2.24) is 25.1 Å². The molecule has 0 amide bonds. The number of piperidine rings is 1. The summed E-state index contributed by atoms with van der Waals surface area (Å²) in [6.45, 7) is 4.20. The third-order valence-electron chi connectivity index (χ3n) is 3.74. The molecule has 5 heteroatoms. The molecule has 0 radical (unpaired) electrons. The van der Waals surface area contributed by atoms with Gasteiger partial charge in [-0.05, 0) is 31.9 Å². The van der Waals surface area contributed by atoms with E-state index < -0.39 is 0 Å². The van der Waals surface area contributed by atoms with Crippen molar-refractivity contribution in [2.45, 2.75) is 38.8 Å². The van der Waals surface area contributed by atoms with Crippen LogP contribution < -0.4 is 0 Å². The van der Waals surface area contributed by atoms with Crippen LogP contribution in [0.15, 0.2) is 18.7 Å². The van der Waals surface area contributed by atoms with Crippen LogP contribution in [0.5, 0.6) is 0 Å². The minimum Gasteiger partial charge on any atom is -0.347 e. The maximum Gasteiger partial charge on any atom is 0.0922 e. The second-order valence-corrected chi connectivity index (χ2v) is 5.03. The molecule has 0 aromatic carbocycles. The molecule has 1 atom stereocenters. The quantitative estimate of drug-likeness (QED) is 0.871. The fourth-order valence-corrected chi connectivity index (χ4v) is 2.79. The summed E-state index contributed by atoms with van der Waals surface area (Å²) in [5.74, 6) is 0. The van der Waals surface area contributed by atoms with Gasteiger partial charge < -0.3 is 4.98 Å². The summed E-state index contributed by atoms with van der Waals surface area (Å²) in [7, 11) is 0. The molecule has 3 heterocycles. The van der Waals surface area contributed by atoms with E-state index in [9.17, 15) is 0 Å². The van der Waals surface area contributed by atoms with E-state index in [1.165, 1.54) is 36.2 Å². The lowest BCUT2D eigenvalue weighted by Crippen LogP contribution is -2.33. The summed E-state index contributed by atoms with van der Waals surface area (Å²) in [4.78, 5) is 9.79. The fourth-order valence-electron chi connectivity index (χ4n) is 2.79. The third kappa shape index (κ3) is 2.18. The van der Waals surface area contributed by atoms with Crippen LogP contribution in [0.1, 0.15) is 42.3 Å². The molecule has 96 valence electrons. The minimum atomic E-state index is 0.463. The first-order valence-electron chi connectivity index (χ1n) is 6.56. The molecule has 0 aliphatic carbocycles. The number of hydrogen-bond donors (Lipinski definition) is 2. The minimum absolute atomic E-state index is 0.463. The fraction of sp³-hybridized carbons (Fsp3) is 0.538. The van der Waals surface area contributed by atoms with Gasteiger partial charge in [-0.1, -0.05) is 6.42 Å². The van der Waals surface area contributed by atoms with Crippen LogP contribution in [-0.2, 0) is 6.54 Å². The summed E-state index contributed by atoms with van der Waals surface area (Å²) < 4.78 is 0. The van der Waals surface area contributed by atoms with E-state index in [1.807, 2.05) is 12.4 Å². The lowest BCUT2D eigenvalue weighted by molar-refractivity contribution is 0.135. The highest BCUT2D eigenvalue weighted by Crippen LogP contribution is 2.32. The number of aromatic nitrogens is 4. The highest BCUT2D eigenvalue weighted by molar-refractivity contribution is 5.18. The van der Waals surface area contributed by atoms with Crippen molar-refractivity contribution in [3.05, 3.63) is 35.7 Å². The first-order chi connectivity index (χ1) is 8.84. The topological polar surface area (TPSA) is 60.6 Å². The third-order valence-corrected chi connectivity index (χ3v) is 3.74. The van der Waals surface area contributed by atoms with Crippen LogP contribution in [0.2, 0.25) is 0 Å².